The molecule has 2 N–H and O–H groups in total. The number of halogens is 1. The van der Waals surface area contributed by atoms with Crippen molar-refractivity contribution in [1.82, 2.24) is 10.2 Å². The minimum atomic E-state index is -0.0110. The second-order valence-electron chi connectivity index (χ2n) is 4.16. The Morgan fingerprint density at radius 3 is 3.00 bits per heavy atom. The van der Waals surface area contributed by atoms with Crippen molar-refractivity contribution in [2.75, 3.05) is 25.0 Å². The first kappa shape index (κ1) is 12.6. The van der Waals surface area contributed by atoms with Gasteiger partial charge < -0.3 is 15.5 Å². The number of hydrogen-bond donors (Lipinski definition) is 2. The van der Waals surface area contributed by atoms with Crippen molar-refractivity contribution in [2.24, 2.45) is 0 Å². The lowest BCUT2D eigenvalue weighted by Crippen LogP contribution is -2.53. The number of para-hydroxylation sites is 1. The van der Waals surface area contributed by atoms with Crippen molar-refractivity contribution in [1.29, 1.82) is 0 Å². The summed E-state index contributed by atoms with van der Waals surface area (Å²) in [6.45, 7) is 4.54. The van der Waals surface area contributed by atoms with Crippen molar-refractivity contribution in [2.45, 2.75) is 13.0 Å². The van der Waals surface area contributed by atoms with Gasteiger partial charge in [0.1, 0.15) is 0 Å². The lowest BCUT2D eigenvalue weighted by molar-refractivity contribution is 0.177. The minimum absolute atomic E-state index is 0.0110. The summed E-state index contributed by atoms with van der Waals surface area (Å²) in [7, 11) is 0. The van der Waals surface area contributed by atoms with Crippen molar-refractivity contribution in [3.8, 4) is 0 Å². The Kier molecular flexibility index (Phi) is 4.22. The number of hydrogen-bond acceptors (Lipinski definition) is 2. The predicted molar refractivity (Wildman–Crippen MR) is 77.2 cm³/mol. The van der Waals surface area contributed by atoms with Gasteiger partial charge in [-0.15, -0.1) is 0 Å². The maximum Gasteiger partial charge on any atom is 0.322 e. The number of amides is 2. The molecule has 92 valence electrons. The fourth-order valence-electron chi connectivity index (χ4n) is 1.89. The zero-order valence-electron chi connectivity index (χ0n) is 9.74. The van der Waals surface area contributed by atoms with Crippen molar-refractivity contribution >= 4 is 34.3 Å². The molecule has 5 heteroatoms. The van der Waals surface area contributed by atoms with Crippen LogP contribution < -0.4 is 10.6 Å². The van der Waals surface area contributed by atoms with Crippen molar-refractivity contribution < 1.29 is 4.79 Å². The molecule has 2 amide bonds. The third-order valence-electron chi connectivity index (χ3n) is 2.88. The fraction of sp³-hybridized carbons (Fsp3) is 0.417. The zero-order valence-corrected chi connectivity index (χ0v) is 11.9. The molecule has 0 bridgehead atoms. The molecule has 4 nitrogen and oxygen atoms in total. The average molecular weight is 345 g/mol. The van der Waals surface area contributed by atoms with Crippen molar-refractivity contribution in [3.63, 3.8) is 0 Å². The van der Waals surface area contributed by atoms with Gasteiger partial charge in [-0.25, -0.2) is 4.79 Å². The summed E-state index contributed by atoms with van der Waals surface area (Å²) >= 11 is 2.22. The molecule has 0 saturated carbocycles. The van der Waals surface area contributed by atoms with Gasteiger partial charge in [-0.3, -0.25) is 0 Å². The van der Waals surface area contributed by atoms with Crippen LogP contribution in [-0.2, 0) is 0 Å². The molecule has 1 aromatic carbocycles. The number of rotatable bonds is 1. The highest BCUT2D eigenvalue weighted by atomic mass is 127. The minimum Gasteiger partial charge on any atom is -0.319 e. The number of nitrogens with one attached hydrogen (secondary N) is 2. The monoisotopic (exact) mass is 345 g/mol. The Morgan fingerprint density at radius 1 is 1.53 bits per heavy atom. The molecule has 1 aliphatic rings. The van der Waals surface area contributed by atoms with E-state index >= 15 is 0 Å². The number of carbonyl (C=O) groups excluding carboxylic acids is 1. The fourth-order valence-corrected chi connectivity index (χ4v) is 2.41. The van der Waals surface area contributed by atoms with E-state index in [0.717, 1.165) is 28.9 Å². The molecule has 1 aliphatic heterocycles. The first-order valence-electron chi connectivity index (χ1n) is 5.71. The Morgan fingerprint density at radius 2 is 2.29 bits per heavy atom. The van der Waals surface area contributed by atoms with Gasteiger partial charge >= 0.3 is 6.03 Å². The van der Waals surface area contributed by atoms with Crippen LogP contribution in [0.15, 0.2) is 24.3 Å². The average Bonchev–Trinajstić information content (AvgIpc) is 2.32. The second kappa shape index (κ2) is 5.68. The molecular formula is C12H16IN3O. The van der Waals surface area contributed by atoms with Gasteiger partial charge in [0, 0.05) is 29.2 Å². The molecule has 0 aromatic heterocycles. The lowest BCUT2D eigenvalue weighted by Gasteiger charge is -2.33. The quantitative estimate of drug-likeness (QED) is 0.766. The molecule has 0 aliphatic carbocycles. The van der Waals surface area contributed by atoms with E-state index in [1.165, 1.54) is 0 Å². The molecule has 0 spiro atoms. The van der Waals surface area contributed by atoms with Crippen LogP contribution in [-0.4, -0.2) is 36.6 Å². The van der Waals surface area contributed by atoms with E-state index < -0.39 is 0 Å². The van der Waals surface area contributed by atoms with E-state index in [4.69, 9.17) is 0 Å². The number of benzene rings is 1. The van der Waals surface area contributed by atoms with E-state index in [-0.39, 0.29) is 12.1 Å². The third-order valence-corrected chi connectivity index (χ3v) is 3.82. The zero-order chi connectivity index (χ0) is 12.3. The van der Waals surface area contributed by atoms with Crippen LogP contribution in [0.2, 0.25) is 0 Å². The van der Waals surface area contributed by atoms with E-state index in [1.807, 2.05) is 29.2 Å². The summed E-state index contributed by atoms with van der Waals surface area (Å²) in [6.07, 6.45) is 0. The van der Waals surface area contributed by atoms with Gasteiger partial charge in [-0.2, -0.15) is 0 Å². The molecule has 1 heterocycles. The molecule has 1 saturated heterocycles. The van der Waals surface area contributed by atoms with E-state index in [0.29, 0.717) is 0 Å². The maximum absolute atomic E-state index is 12.1. The number of piperazine rings is 1. The van der Waals surface area contributed by atoms with Crippen molar-refractivity contribution in [3.05, 3.63) is 27.8 Å². The summed E-state index contributed by atoms with van der Waals surface area (Å²) in [4.78, 5) is 14.0. The summed E-state index contributed by atoms with van der Waals surface area (Å²) in [6, 6.07) is 8.03. The summed E-state index contributed by atoms with van der Waals surface area (Å²) in [5, 5.41) is 6.23. The largest absolute Gasteiger partial charge is 0.322 e. The van der Waals surface area contributed by atoms with E-state index in [1.54, 1.807) is 0 Å². The van der Waals surface area contributed by atoms with Crippen LogP contribution in [0, 0.1) is 3.57 Å². The maximum atomic E-state index is 12.1. The van der Waals surface area contributed by atoms with Gasteiger partial charge in [-0.1, -0.05) is 12.1 Å². The number of anilines is 1. The smallest absolute Gasteiger partial charge is 0.319 e. The van der Waals surface area contributed by atoms with Crippen LogP contribution in [0.5, 0.6) is 0 Å². The van der Waals surface area contributed by atoms with Gasteiger partial charge in [0.25, 0.3) is 0 Å². The lowest BCUT2D eigenvalue weighted by atomic mass is 10.2. The molecule has 1 aromatic rings. The molecule has 0 radical (unpaired) electrons. The first-order valence-corrected chi connectivity index (χ1v) is 6.79. The standard InChI is InChI=1S/C12H16IN3O/c1-9-8-14-6-7-16(9)12(17)15-11-5-3-2-4-10(11)13/h2-5,9,14H,6-8H2,1H3,(H,15,17)/t9-/m0/s1. The number of carbonyl (C=O) groups is 1. The second-order valence-corrected chi connectivity index (χ2v) is 5.32. The van der Waals surface area contributed by atoms with Gasteiger partial charge in [0.05, 0.1) is 5.69 Å². The Balaban J connectivity index is 2.03. The molecule has 1 fully saturated rings. The van der Waals surface area contributed by atoms with Crippen LogP contribution in [0.4, 0.5) is 10.5 Å². The summed E-state index contributed by atoms with van der Waals surface area (Å²) in [5.74, 6) is 0. The van der Waals surface area contributed by atoms with Crippen LogP contribution >= 0.6 is 22.6 Å². The Bertz CT molecular complexity index is 410. The number of urea groups is 1. The van der Waals surface area contributed by atoms with Crippen LogP contribution in [0.25, 0.3) is 0 Å². The Labute approximate surface area is 115 Å². The first-order chi connectivity index (χ1) is 8.18. The van der Waals surface area contributed by atoms with Gasteiger partial charge in [-0.05, 0) is 41.6 Å². The predicted octanol–water partition coefficient (Wildman–Crippen LogP) is 2.12. The van der Waals surface area contributed by atoms with Gasteiger partial charge in [0.2, 0.25) is 0 Å². The molecule has 2 rings (SSSR count). The molecule has 1 atom stereocenters. The highest BCUT2D eigenvalue weighted by Crippen LogP contribution is 2.18. The van der Waals surface area contributed by atoms with E-state index in [2.05, 4.69) is 40.1 Å². The topological polar surface area (TPSA) is 44.4 Å². The third kappa shape index (κ3) is 3.10. The van der Waals surface area contributed by atoms with Crippen LogP contribution in [0.3, 0.4) is 0 Å². The SMILES string of the molecule is C[C@H]1CNCCN1C(=O)Nc1ccccc1I. The van der Waals surface area contributed by atoms with E-state index in [9.17, 15) is 4.79 Å². The molecule has 0 unspecified atom stereocenters. The highest BCUT2D eigenvalue weighted by Gasteiger charge is 2.23. The Hall–Kier alpha value is -0.820. The van der Waals surface area contributed by atoms with Gasteiger partial charge in [0.15, 0.2) is 0 Å². The highest BCUT2D eigenvalue weighted by molar-refractivity contribution is 14.1. The normalized spacial score (nSPS) is 20.1. The summed E-state index contributed by atoms with van der Waals surface area (Å²) < 4.78 is 1.06. The molecule has 17 heavy (non-hydrogen) atoms. The number of nitrogens with zero attached hydrogens (tertiary/aromatic N) is 1. The van der Waals surface area contributed by atoms with Crippen LogP contribution in [0.1, 0.15) is 6.92 Å². The molecular weight excluding hydrogens is 329 g/mol. The summed E-state index contributed by atoms with van der Waals surface area (Å²) in [5.41, 5.74) is 0.879.